The minimum absolute atomic E-state index is 0.177. The average Bonchev–Trinajstić information content (AvgIpc) is 3.16. The number of hydrogen-bond acceptors (Lipinski definition) is 2. The van der Waals surface area contributed by atoms with Crippen LogP contribution in [0.15, 0.2) is 48.5 Å². The standard InChI is InChI=1S/C48H66O2/c1-47(2,39-29-41(33-17-9-5-10-18-33)45(49)42(30-39)34-19-11-6-12-20-34)37-25-27-38(28-26-37)48(3,4)40-31-43(35-21-13-7-14-22-35)46(50)44(32-40)36-23-15-8-16-24-36/h25-36,49-50H,5-24H2,1-4H3. The van der Waals surface area contributed by atoms with E-state index < -0.39 is 0 Å². The first kappa shape index (κ1) is 35.7. The molecule has 0 aromatic heterocycles. The summed E-state index contributed by atoms with van der Waals surface area (Å²) in [5.74, 6) is 3.16. The molecular formula is C48H66O2. The molecule has 0 spiro atoms. The van der Waals surface area contributed by atoms with E-state index in [1.54, 1.807) is 0 Å². The Morgan fingerprint density at radius 2 is 0.580 bits per heavy atom. The molecular weight excluding hydrogens is 609 g/mol. The Kier molecular flexibility index (Phi) is 10.8. The van der Waals surface area contributed by atoms with Crippen LogP contribution in [0.4, 0.5) is 0 Å². The highest BCUT2D eigenvalue weighted by atomic mass is 16.3. The monoisotopic (exact) mass is 675 g/mol. The lowest BCUT2D eigenvalue weighted by Crippen LogP contribution is -2.23. The summed E-state index contributed by atoms with van der Waals surface area (Å²) in [5, 5.41) is 23.6. The van der Waals surface area contributed by atoms with Crippen LogP contribution >= 0.6 is 0 Å². The molecule has 2 N–H and O–H groups in total. The van der Waals surface area contributed by atoms with Gasteiger partial charge >= 0.3 is 0 Å². The molecule has 3 aromatic rings. The van der Waals surface area contributed by atoms with Gasteiger partial charge in [-0.25, -0.2) is 0 Å². The maximum Gasteiger partial charge on any atom is 0.122 e. The van der Waals surface area contributed by atoms with Gasteiger partial charge in [0.2, 0.25) is 0 Å². The van der Waals surface area contributed by atoms with Crippen LogP contribution in [-0.4, -0.2) is 10.2 Å². The maximum atomic E-state index is 11.8. The Labute approximate surface area is 304 Å². The summed E-state index contributed by atoms with van der Waals surface area (Å²) < 4.78 is 0. The van der Waals surface area contributed by atoms with Crippen molar-refractivity contribution in [2.75, 3.05) is 0 Å². The molecule has 4 aliphatic rings. The normalized spacial score (nSPS) is 21.0. The van der Waals surface area contributed by atoms with Crippen LogP contribution in [0.25, 0.3) is 0 Å². The van der Waals surface area contributed by atoms with Crippen molar-refractivity contribution in [2.24, 2.45) is 0 Å². The molecule has 0 unspecified atom stereocenters. The molecule has 7 rings (SSSR count). The molecule has 270 valence electrons. The molecule has 4 aliphatic carbocycles. The van der Waals surface area contributed by atoms with Gasteiger partial charge in [0.15, 0.2) is 0 Å². The predicted octanol–water partition coefficient (Wildman–Crippen LogP) is 13.9. The van der Waals surface area contributed by atoms with Crippen LogP contribution in [0.1, 0.15) is 224 Å². The lowest BCUT2D eigenvalue weighted by Gasteiger charge is -2.34. The van der Waals surface area contributed by atoms with Gasteiger partial charge in [-0.05, 0) is 120 Å². The van der Waals surface area contributed by atoms with Gasteiger partial charge in [0.1, 0.15) is 11.5 Å². The van der Waals surface area contributed by atoms with Gasteiger partial charge in [-0.3, -0.25) is 0 Å². The fraction of sp³-hybridized carbons (Fsp3) is 0.625. The largest absolute Gasteiger partial charge is 0.507 e. The number of phenolic OH excluding ortho intramolecular Hbond substituents is 2. The van der Waals surface area contributed by atoms with Crippen molar-refractivity contribution in [3.8, 4) is 11.5 Å². The zero-order valence-electron chi connectivity index (χ0n) is 32.0. The molecule has 0 radical (unpaired) electrons. The van der Waals surface area contributed by atoms with Crippen LogP contribution in [0.3, 0.4) is 0 Å². The zero-order chi connectivity index (χ0) is 34.9. The van der Waals surface area contributed by atoms with Crippen molar-refractivity contribution in [1.82, 2.24) is 0 Å². The zero-order valence-corrected chi connectivity index (χ0v) is 32.0. The highest BCUT2D eigenvalue weighted by Gasteiger charge is 2.33. The van der Waals surface area contributed by atoms with E-state index in [2.05, 4.69) is 76.2 Å². The second-order valence-corrected chi connectivity index (χ2v) is 18.2. The van der Waals surface area contributed by atoms with Gasteiger partial charge in [-0.1, -0.05) is 153 Å². The second kappa shape index (κ2) is 15.1. The molecule has 0 bridgehead atoms. The Morgan fingerprint density at radius 3 is 0.800 bits per heavy atom. The molecule has 2 nitrogen and oxygen atoms in total. The van der Waals surface area contributed by atoms with Crippen molar-refractivity contribution in [2.45, 2.75) is 191 Å². The minimum Gasteiger partial charge on any atom is -0.507 e. The second-order valence-electron chi connectivity index (χ2n) is 18.2. The third kappa shape index (κ3) is 7.16. The van der Waals surface area contributed by atoms with Crippen molar-refractivity contribution in [3.05, 3.63) is 93.0 Å². The number of aromatic hydroxyl groups is 2. The molecule has 4 fully saturated rings. The third-order valence-electron chi connectivity index (χ3n) is 14.3. The van der Waals surface area contributed by atoms with Crippen LogP contribution in [0.2, 0.25) is 0 Å². The Balaban J connectivity index is 1.23. The Hall–Kier alpha value is -2.74. The van der Waals surface area contributed by atoms with Crippen LogP contribution in [-0.2, 0) is 10.8 Å². The molecule has 50 heavy (non-hydrogen) atoms. The minimum atomic E-state index is -0.177. The molecule has 0 heterocycles. The number of hydrogen-bond donors (Lipinski definition) is 2. The van der Waals surface area contributed by atoms with E-state index in [0.29, 0.717) is 35.2 Å². The van der Waals surface area contributed by atoms with Crippen molar-refractivity contribution >= 4 is 0 Å². The van der Waals surface area contributed by atoms with E-state index in [-0.39, 0.29) is 10.8 Å². The summed E-state index contributed by atoms with van der Waals surface area (Å²) in [4.78, 5) is 0. The maximum absolute atomic E-state index is 11.8. The van der Waals surface area contributed by atoms with Gasteiger partial charge in [0.05, 0.1) is 0 Å². The SMILES string of the molecule is CC(C)(c1ccc(C(C)(C)c2cc(C3CCCCC3)c(O)c(C3CCCCC3)c2)cc1)c1cc(C2CCCCC2)c(O)c(C2CCCCC2)c1. The summed E-state index contributed by atoms with van der Waals surface area (Å²) in [7, 11) is 0. The summed E-state index contributed by atoms with van der Waals surface area (Å²) >= 11 is 0. The van der Waals surface area contributed by atoms with Crippen LogP contribution < -0.4 is 0 Å². The summed E-state index contributed by atoms with van der Waals surface area (Å²) in [6.07, 6.45) is 25.1. The third-order valence-corrected chi connectivity index (χ3v) is 14.3. The van der Waals surface area contributed by atoms with E-state index in [1.807, 2.05) is 0 Å². The molecule has 2 heteroatoms. The Morgan fingerprint density at radius 1 is 0.360 bits per heavy atom. The topological polar surface area (TPSA) is 40.5 Å². The fourth-order valence-electron chi connectivity index (χ4n) is 10.6. The van der Waals surface area contributed by atoms with Gasteiger partial charge in [-0.15, -0.1) is 0 Å². The lowest BCUT2D eigenvalue weighted by molar-refractivity contribution is 0.391. The predicted molar refractivity (Wildman–Crippen MR) is 210 cm³/mol. The average molecular weight is 675 g/mol. The first-order valence-electron chi connectivity index (χ1n) is 21.0. The van der Waals surface area contributed by atoms with Gasteiger partial charge < -0.3 is 10.2 Å². The first-order valence-corrected chi connectivity index (χ1v) is 21.0. The molecule has 0 amide bonds. The molecule has 0 saturated heterocycles. The number of rotatable bonds is 8. The molecule has 0 atom stereocenters. The van der Waals surface area contributed by atoms with Crippen molar-refractivity contribution < 1.29 is 10.2 Å². The first-order chi connectivity index (χ1) is 24.1. The van der Waals surface area contributed by atoms with E-state index in [0.717, 1.165) is 0 Å². The quantitative estimate of drug-likeness (QED) is 0.250. The number of benzene rings is 3. The van der Waals surface area contributed by atoms with E-state index in [9.17, 15) is 10.2 Å². The highest BCUT2D eigenvalue weighted by Crippen LogP contribution is 2.49. The molecule has 0 aliphatic heterocycles. The summed E-state index contributed by atoms with van der Waals surface area (Å²) in [5.41, 5.74) is 9.94. The van der Waals surface area contributed by atoms with Gasteiger partial charge in [-0.2, -0.15) is 0 Å². The molecule has 3 aromatic carbocycles. The Bertz CT molecular complexity index is 1390. The molecule has 4 saturated carbocycles. The van der Waals surface area contributed by atoms with Gasteiger partial charge in [0, 0.05) is 10.8 Å². The lowest BCUT2D eigenvalue weighted by atomic mass is 9.71. The summed E-state index contributed by atoms with van der Waals surface area (Å²) in [6.45, 7) is 9.56. The van der Waals surface area contributed by atoms with Crippen molar-refractivity contribution in [3.63, 3.8) is 0 Å². The fourth-order valence-corrected chi connectivity index (χ4v) is 10.6. The number of phenols is 2. The highest BCUT2D eigenvalue weighted by molar-refractivity contribution is 5.54. The van der Waals surface area contributed by atoms with E-state index >= 15 is 0 Å². The van der Waals surface area contributed by atoms with E-state index in [1.165, 1.54) is 173 Å². The van der Waals surface area contributed by atoms with E-state index in [4.69, 9.17) is 0 Å². The summed E-state index contributed by atoms with van der Waals surface area (Å²) in [6, 6.07) is 19.1. The van der Waals surface area contributed by atoms with Crippen molar-refractivity contribution in [1.29, 1.82) is 0 Å². The van der Waals surface area contributed by atoms with Crippen LogP contribution in [0, 0.1) is 0 Å². The van der Waals surface area contributed by atoms with Crippen LogP contribution in [0.5, 0.6) is 11.5 Å². The smallest absolute Gasteiger partial charge is 0.122 e. The van der Waals surface area contributed by atoms with Gasteiger partial charge in [0.25, 0.3) is 0 Å².